The molecule has 0 amide bonds. The first-order valence-electron chi connectivity index (χ1n) is 3.33. The lowest BCUT2D eigenvalue weighted by molar-refractivity contribution is -0.113. The monoisotopic (exact) mass is 190 g/mol. The summed E-state index contributed by atoms with van der Waals surface area (Å²) in [4.78, 5) is 15.3. The van der Waals surface area contributed by atoms with Crippen molar-refractivity contribution in [2.75, 3.05) is 18.1 Å². The van der Waals surface area contributed by atoms with E-state index in [0.29, 0.717) is 10.8 Å². The molecule has 0 bridgehead atoms. The third-order valence-corrected chi connectivity index (χ3v) is 2.71. The molecule has 1 atom stereocenters. The van der Waals surface area contributed by atoms with Crippen LogP contribution in [0.5, 0.6) is 0 Å². The number of ketones is 1. The number of hydrogen-bond acceptors (Lipinski definition) is 5. The second-order valence-electron chi connectivity index (χ2n) is 2.19. The number of thiol groups is 1. The van der Waals surface area contributed by atoms with Gasteiger partial charge in [-0.15, -0.1) is 11.8 Å². The zero-order chi connectivity index (χ0) is 8.27. The van der Waals surface area contributed by atoms with Crippen LogP contribution in [0.2, 0.25) is 0 Å². The number of carbonyl (C=O) groups excluding carboxylic acids is 1. The SMILES string of the molecule is N[C@@H](CS)C(=O)C1=NCCS1. The molecule has 1 aliphatic rings. The summed E-state index contributed by atoms with van der Waals surface area (Å²) in [5.41, 5.74) is 5.48. The lowest BCUT2D eigenvalue weighted by Gasteiger charge is -2.04. The molecule has 5 heteroatoms. The Morgan fingerprint density at radius 2 is 2.64 bits per heavy atom. The minimum Gasteiger partial charge on any atom is -0.320 e. The summed E-state index contributed by atoms with van der Waals surface area (Å²) >= 11 is 5.42. The molecule has 1 rings (SSSR count). The molecule has 62 valence electrons. The van der Waals surface area contributed by atoms with Gasteiger partial charge < -0.3 is 5.73 Å². The molecule has 0 unspecified atom stereocenters. The Labute approximate surface area is 75.2 Å². The molecule has 2 N–H and O–H groups in total. The maximum Gasteiger partial charge on any atom is 0.204 e. The average molecular weight is 190 g/mol. The van der Waals surface area contributed by atoms with Gasteiger partial charge in [-0.3, -0.25) is 9.79 Å². The Morgan fingerprint density at radius 1 is 1.91 bits per heavy atom. The zero-order valence-corrected chi connectivity index (χ0v) is 7.70. The number of nitrogens with two attached hydrogens (primary N) is 1. The number of thioether (sulfide) groups is 1. The minimum absolute atomic E-state index is 0.0671. The average Bonchev–Trinajstić information content (AvgIpc) is 2.53. The van der Waals surface area contributed by atoms with Crippen LogP contribution in [0.3, 0.4) is 0 Å². The summed E-state index contributed by atoms with van der Waals surface area (Å²) in [6.45, 7) is 0.741. The van der Waals surface area contributed by atoms with Crippen molar-refractivity contribution in [3.05, 3.63) is 0 Å². The molecular formula is C6H10N2OS2. The van der Waals surface area contributed by atoms with Gasteiger partial charge in [-0.25, -0.2) is 0 Å². The summed E-state index contributed by atoms with van der Waals surface area (Å²) in [5, 5.41) is 0.576. The van der Waals surface area contributed by atoms with Gasteiger partial charge >= 0.3 is 0 Å². The minimum atomic E-state index is -0.484. The van der Waals surface area contributed by atoms with Gasteiger partial charge in [0.15, 0.2) is 0 Å². The third-order valence-electron chi connectivity index (χ3n) is 1.33. The molecule has 0 aromatic carbocycles. The van der Waals surface area contributed by atoms with Crippen molar-refractivity contribution in [3.63, 3.8) is 0 Å². The van der Waals surface area contributed by atoms with E-state index in [0.717, 1.165) is 12.3 Å². The number of Topliss-reactive ketones (excluding diaryl/α,β-unsaturated/α-hetero) is 1. The smallest absolute Gasteiger partial charge is 0.204 e. The van der Waals surface area contributed by atoms with E-state index in [1.807, 2.05) is 0 Å². The first-order chi connectivity index (χ1) is 5.25. The van der Waals surface area contributed by atoms with Crippen molar-refractivity contribution in [2.24, 2.45) is 10.7 Å². The quantitative estimate of drug-likeness (QED) is 0.614. The van der Waals surface area contributed by atoms with Gasteiger partial charge in [-0.05, 0) is 0 Å². The predicted octanol–water partition coefficient (Wildman–Crippen LogP) is -0.0421. The van der Waals surface area contributed by atoms with Crippen LogP contribution in [0.1, 0.15) is 0 Å². The first kappa shape index (κ1) is 9.09. The Hall–Kier alpha value is -0.0000000000000000555. The van der Waals surface area contributed by atoms with E-state index >= 15 is 0 Å². The Balaban J connectivity index is 2.53. The van der Waals surface area contributed by atoms with Crippen LogP contribution in [0.25, 0.3) is 0 Å². The van der Waals surface area contributed by atoms with Crippen LogP contribution < -0.4 is 5.73 Å². The van der Waals surface area contributed by atoms with E-state index in [1.165, 1.54) is 11.8 Å². The Kier molecular flexibility index (Phi) is 3.42. The van der Waals surface area contributed by atoms with Crippen LogP contribution in [0.4, 0.5) is 0 Å². The summed E-state index contributed by atoms with van der Waals surface area (Å²) in [6, 6.07) is -0.484. The zero-order valence-electron chi connectivity index (χ0n) is 5.99. The molecule has 0 saturated carbocycles. The third kappa shape index (κ3) is 2.21. The number of nitrogens with zero attached hydrogens (tertiary/aromatic N) is 1. The standard InChI is InChI=1S/C6H10N2OS2/c7-4(3-10)5(9)6-8-1-2-11-6/h4,10H,1-3,7H2/t4-/m0/s1. The molecule has 0 fully saturated rings. The van der Waals surface area contributed by atoms with Crippen LogP contribution in [-0.4, -0.2) is 34.9 Å². The Morgan fingerprint density at radius 3 is 3.09 bits per heavy atom. The molecular weight excluding hydrogens is 180 g/mol. The molecule has 0 radical (unpaired) electrons. The van der Waals surface area contributed by atoms with Gasteiger partial charge in [0, 0.05) is 18.1 Å². The fourth-order valence-electron chi connectivity index (χ4n) is 0.726. The highest BCUT2D eigenvalue weighted by Gasteiger charge is 2.21. The lowest BCUT2D eigenvalue weighted by atomic mass is 10.2. The second kappa shape index (κ2) is 4.13. The number of hydrogen-bond donors (Lipinski definition) is 2. The molecule has 1 aliphatic heterocycles. The summed E-state index contributed by atoms with van der Waals surface area (Å²) < 4.78 is 0. The maximum absolute atomic E-state index is 11.3. The van der Waals surface area contributed by atoms with Crippen LogP contribution >= 0.6 is 24.4 Å². The molecule has 0 spiro atoms. The molecule has 1 heterocycles. The van der Waals surface area contributed by atoms with Crippen molar-refractivity contribution in [3.8, 4) is 0 Å². The number of aliphatic imine (C=N–C) groups is 1. The van der Waals surface area contributed by atoms with Gasteiger partial charge in [0.1, 0.15) is 5.04 Å². The highest BCUT2D eigenvalue weighted by molar-refractivity contribution is 8.16. The Bertz CT molecular complexity index is 193. The molecule has 11 heavy (non-hydrogen) atoms. The van der Waals surface area contributed by atoms with Crippen molar-refractivity contribution in [2.45, 2.75) is 6.04 Å². The maximum atomic E-state index is 11.3. The van der Waals surface area contributed by atoms with Gasteiger partial charge in [0.25, 0.3) is 0 Å². The summed E-state index contributed by atoms with van der Waals surface area (Å²) in [7, 11) is 0. The summed E-state index contributed by atoms with van der Waals surface area (Å²) in [6.07, 6.45) is 0. The highest BCUT2D eigenvalue weighted by Crippen LogP contribution is 2.13. The predicted molar refractivity (Wildman–Crippen MR) is 51.6 cm³/mol. The number of rotatable bonds is 3. The first-order valence-corrected chi connectivity index (χ1v) is 4.95. The lowest BCUT2D eigenvalue weighted by Crippen LogP contribution is -2.35. The van der Waals surface area contributed by atoms with Gasteiger partial charge in [-0.1, -0.05) is 0 Å². The molecule has 0 saturated heterocycles. The van der Waals surface area contributed by atoms with E-state index in [4.69, 9.17) is 5.73 Å². The largest absolute Gasteiger partial charge is 0.320 e. The van der Waals surface area contributed by atoms with Crippen molar-refractivity contribution in [1.29, 1.82) is 0 Å². The van der Waals surface area contributed by atoms with Crippen molar-refractivity contribution >= 4 is 35.2 Å². The molecule has 0 aromatic heterocycles. The fourth-order valence-corrected chi connectivity index (χ4v) is 1.74. The fraction of sp³-hybridized carbons (Fsp3) is 0.667. The van der Waals surface area contributed by atoms with E-state index in [2.05, 4.69) is 17.6 Å². The topological polar surface area (TPSA) is 55.5 Å². The molecule has 0 aliphatic carbocycles. The van der Waals surface area contributed by atoms with E-state index < -0.39 is 6.04 Å². The second-order valence-corrected chi connectivity index (χ2v) is 3.64. The van der Waals surface area contributed by atoms with E-state index in [1.54, 1.807) is 0 Å². The van der Waals surface area contributed by atoms with E-state index in [9.17, 15) is 4.79 Å². The molecule has 0 aromatic rings. The van der Waals surface area contributed by atoms with Crippen molar-refractivity contribution in [1.82, 2.24) is 0 Å². The van der Waals surface area contributed by atoms with Crippen molar-refractivity contribution < 1.29 is 4.79 Å². The molecule has 3 nitrogen and oxygen atoms in total. The number of carbonyl (C=O) groups is 1. The van der Waals surface area contributed by atoms with Crippen LogP contribution in [0.15, 0.2) is 4.99 Å². The normalized spacial score (nSPS) is 19.6. The van der Waals surface area contributed by atoms with E-state index in [-0.39, 0.29) is 5.78 Å². The highest BCUT2D eigenvalue weighted by atomic mass is 32.2. The van der Waals surface area contributed by atoms with Gasteiger partial charge in [0.2, 0.25) is 5.78 Å². The van der Waals surface area contributed by atoms with Gasteiger partial charge in [0.05, 0.1) is 6.04 Å². The van der Waals surface area contributed by atoms with Gasteiger partial charge in [-0.2, -0.15) is 12.6 Å². The van der Waals surface area contributed by atoms with Crippen LogP contribution in [0, 0.1) is 0 Å². The summed E-state index contributed by atoms with van der Waals surface area (Å²) in [5.74, 6) is 1.22. The van der Waals surface area contributed by atoms with Crippen LogP contribution in [-0.2, 0) is 4.79 Å².